The van der Waals surface area contributed by atoms with Crippen LogP contribution in [0.5, 0.6) is 0 Å². The molecule has 1 aliphatic rings. The molecule has 0 saturated carbocycles. The van der Waals surface area contributed by atoms with Crippen LogP contribution in [0.2, 0.25) is 0 Å². The lowest BCUT2D eigenvalue weighted by Crippen LogP contribution is -2.51. The first kappa shape index (κ1) is 22.4. The first-order valence-corrected chi connectivity index (χ1v) is 10.5. The minimum absolute atomic E-state index is 0.0323. The van der Waals surface area contributed by atoms with Gasteiger partial charge in [0.15, 0.2) is 0 Å². The van der Waals surface area contributed by atoms with E-state index in [2.05, 4.69) is 36.1 Å². The summed E-state index contributed by atoms with van der Waals surface area (Å²) in [7, 11) is 0. The molecule has 0 spiro atoms. The lowest BCUT2D eigenvalue weighted by atomic mass is 9.87. The zero-order valence-corrected chi connectivity index (χ0v) is 18.3. The molecule has 3 rings (SSSR count). The van der Waals surface area contributed by atoms with Crippen LogP contribution in [-0.2, 0) is 10.2 Å². The molecule has 0 bridgehead atoms. The van der Waals surface area contributed by atoms with Crippen molar-refractivity contribution in [1.29, 1.82) is 0 Å². The third-order valence-electron chi connectivity index (χ3n) is 5.34. The van der Waals surface area contributed by atoms with Crippen molar-refractivity contribution in [2.24, 2.45) is 0 Å². The smallest absolute Gasteiger partial charge is 0.274 e. The Hall–Kier alpha value is -3.29. The summed E-state index contributed by atoms with van der Waals surface area (Å²) in [4.78, 5) is 48.6. The maximum atomic E-state index is 12.5. The van der Waals surface area contributed by atoms with Crippen molar-refractivity contribution >= 4 is 17.7 Å². The topological polar surface area (TPSA) is 95.5 Å². The molecule has 31 heavy (non-hydrogen) atoms. The van der Waals surface area contributed by atoms with Gasteiger partial charge < -0.3 is 15.1 Å². The molecule has 3 amide bonds. The first-order chi connectivity index (χ1) is 14.8. The molecule has 0 atom stereocenters. The van der Waals surface area contributed by atoms with Crippen LogP contribution in [0.3, 0.4) is 0 Å². The molecular formula is C23H29N5O3. The Bertz CT molecular complexity index is 914. The fraction of sp³-hybridized carbons (Fsp3) is 0.435. The summed E-state index contributed by atoms with van der Waals surface area (Å²) < 4.78 is 0. The normalized spacial score (nSPS) is 14.3. The molecule has 1 aromatic heterocycles. The van der Waals surface area contributed by atoms with Gasteiger partial charge in [-0.2, -0.15) is 0 Å². The van der Waals surface area contributed by atoms with Crippen molar-refractivity contribution < 1.29 is 14.4 Å². The molecular weight excluding hydrogens is 394 g/mol. The van der Waals surface area contributed by atoms with E-state index in [1.54, 1.807) is 9.80 Å². The second-order valence-electron chi connectivity index (χ2n) is 8.60. The summed E-state index contributed by atoms with van der Waals surface area (Å²) in [5.41, 5.74) is 2.08. The Balaban J connectivity index is 1.41. The van der Waals surface area contributed by atoms with E-state index in [9.17, 15) is 14.4 Å². The van der Waals surface area contributed by atoms with Crippen LogP contribution in [0.25, 0.3) is 0 Å². The van der Waals surface area contributed by atoms with Crippen molar-refractivity contribution in [1.82, 2.24) is 25.1 Å². The van der Waals surface area contributed by atoms with Crippen LogP contribution < -0.4 is 5.32 Å². The number of amides is 3. The highest BCUT2D eigenvalue weighted by Gasteiger charge is 2.25. The summed E-state index contributed by atoms with van der Waals surface area (Å²) >= 11 is 0. The average Bonchev–Trinajstić information content (AvgIpc) is 2.78. The highest BCUT2D eigenvalue weighted by molar-refractivity contribution is 5.94. The zero-order chi connectivity index (χ0) is 22.4. The lowest BCUT2D eigenvalue weighted by molar-refractivity contribution is -0.132. The van der Waals surface area contributed by atoms with E-state index in [-0.39, 0.29) is 36.1 Å². The van der Waals surface area contributed by atoms with E-state index < -0.39 is 0 Å². The second kappa shape index (κ2) is 9.68. The maximum absolute atomic E-state index is 12.5. The average molecular weight is 424 g/mol. The number of benzene rings is 1. The second-order valence-corrected chi connectivity index (χ2v) is 8.60. The minimum atomic E-state index is -0.187. The SMILES string of the molecule is CC(C)(C)c1ccc(C(=O)NCCC(=O)N2CCN(C(=O)c3cnccn3)CC2)cc1. The molecule has 1 aromatic carbocycles. The summed E-state index contributed by atoms with van der Waals surface area (Å²) in [6.07, 6.45) is 4.68. The van der Waals surface area contributed by atoms with Gasteiger partial charge in [-0.05, 0) is 23.1 Å². The number of rotatable bonds is 5. The van der Waals surface area contributed by atoms with Crippen LogP contribution in [0, 0.1) is 0 Å². The molecule has 0 aliphatic carbocycles. The molecule has 1 saturated heterocycles. The van der Waals surface area contributed by atoms with Crippen molar-refractivity contribution in [2.45, 2.75) is 32.6 Å². The Kier molecular flexibility index (Phi) is 6.99. The number of hydrogen-bond donors (Lipinski definition) is 1. The van der Waals surface area contributed by atoms with Gasteiger partial charge >= 0.3 is 0 Å². The van der Waals surface area contributed by atoms with Gasteiger partial charge in [0.05, 0.1) is 6.20 Å². The Labute approximate surface area is 182 Å². The summed E-state index contributed by atoms with van der Waals surface area (Å²) in [6, 6.07) is 7.54. The number of piperazine rings is 1. The number of carbonyl (C=O) groups is 3. The van der Waals surface area contributed by atoms with Crippen molar-refractivity contribution in [2.75, 3.05) is 32.7 Å². The van der Waals surface area contributed by atoms with Gasteiger partial charge in [-0.3, -0.25) is 19.4 Å². The summed E-state index contributed by atoms with van der Waals surface area (Å²) in [6.45, 7) is 8.48. The predicted molar refractivity (Wildman–Crippen MR) is 117 cm³/mol. The van der Waals surface area contributed by atoms with Gasteiger partial charge in [-0.25, -0.2) is 4.98 Å². The zero-order valence-electron chi connectivity index (χ0n) is 18.3. The molecule has 8 nitrogen and oxygen atoms in total. The largest absolute Gasteiger partial charge is 0.352 e. The van der Waals surface area contributed by atoms with E-state index in [4.69, 9.17) is 0 Å². The summed E-state index contributed by atoms with van der Waals surface area (Å²) in [5.74, 6) is -0.396. The number of nitrogens with one attached hydrogen (secondary N) is 1. The van der Waals surface area contributed by atoms with Crippen molar-refractivity contribution in [3.8, 4) is 0 Å². The first-order valence-electron chi connectivity index (χ1n) is 10.5. The molecule has 2 heterocycles. The highest BCUT2D eigenvalue weighted by Crippen LogP contribution is 2.22. The van der Waals surface area contributed by atoms with Crippen LogP contribution in [0.4, 0.5) is 0 Å². The molecule has 0 radical (unpaired) electrons. The van der Waals surface area contributed by atoms with Gasteiger partial charge in [0, 0.05) is 57.1 Å². The number of aromatic nitrogens is 2. The van der Waals surface area contributed by atoms with Gasteiger partial charge in [0.2, 0.25) is 5.91 Å². The predicted octanol–water partition coefficient (Wildman–Crippen LogP) is 1.88. The minimum Gasteiger partial charge on any atom is -0.352 e. The number of carbonyl (C=O) groups excluding carboxylic acids is 3. The van der Waals surface area contributed by atoms with Gasteiger partial charge in [0.25, 0.3) is 11.8 Å². The number of nitrogens with zero attached hydrogens (tertiary/aromatic N) is 4. The standard InChI is InChI=1S/C23H29N5O3/c1-23(2,3)18-6-4-17(5-7-18)21(30)26-9-8-20(29)27-12-14-28(15-13-27)22(31)19-16-24-10-11-25-19/h4-7,10-11,16H,8-9,12-15H2,1-3H3,(H,26,30). The fourth-order valence-electron chi connectivity index (χ4n) is 3.40. The Morgan fingerprint density at radius 3 is 2.19 bits per heavy atom. The molecule has 2 aromatic rings. The molecule has 1 N–H and O–H groups in total. The Morgan fingerprint density at radius 2 is 1.61 bits per heavy atom. The van der Waals surface area contributed by atoms with Crippen LogP contribution in [0.1, 0.15) is 53.6 Å². The quantitative estimate of drug-likeness (QED) is 0.792. The van der Waals surface area contributed by atoms with E-state index in [1.807, 2.05) is 24.3 Å². The molecule has 1 fully saturated rings. The van der Waals surface area contributed by atoms with Crippen LogP contribution in [-0.4, -0.2) is 70.2 Å². The third-order valence-corrected chi connectivity index (χ3v) is 5.34. The Morgan fingerprint density at radius 1 is 0.968 bits per heavy atom. The van der Waals surface area contributed by atoms with Crippen LogP contribution >= 0.6 is 0 Å². The van der Waals surface area contributed by atoms with E-state index in [0.717, 1.165) is 5.56 Å². The molecule has 0 unspecified atom stereocenters. The van der Waals surface area contributed by atoms with E-state index >= 15 is 0 Å². The highest BCUT2D eigenvalue weighted by atomic mass is 16.2. The van der Waals surface area contributed by atoms with Gasteiger partial charge in [-0.1, -0.05) is 32.9 Å². The van der Waals surface area contributed by atoms with Gasteiger partial charge in [-0.15, -0.1) is 0 Å². The monoisotopic (exact) mass is 423 g/mol. The number of hydrogen-bond acceptors (Lipinski definition) is 5. The molecule has 8 heteroatoms. The molecule has 1 aliphatic heterocycles. The summed E-state index contributed by atoms with van der Waals surface area (Å²) in [5, 5.41) is 2.81. The lowest BCUT2D eigenvalue weighted by Gasteiger charge is -2.34. The van der Waals surface area contributed by atoms with E-state index in [0.29, 0.717) is 37.4 Å². The maximum Gasteiger partial charge on any atom is 0.274 e. The van der Waals surface area contributed by atoms with Crippen molar-refractivity contribution in [3.63, 3.8) is 0 Å². The van der Waals surface area contributed by atoms with E-state index in [1.165, 1.54) is 18.6 Å². The molecule has 164 valence electrons. The van der Waals surface area contributed by atoms with Crippen molar-refractivity contribution in [3.05, 3.63) is 59.7 Å². The third kappa shape index (κ3) is 5.87. The van der Waals surface area contributed by atoms with Crippen LogP contribution in [0.15, 0.2) is 42.9 Å². The van der Waals surface area contributed by atoms with Gasteiger partial charge in [0.1, 0.15) is 5.69 Å². The fourth-order valence-corrected chi connectivity index (χ4v) is 3.40.